The molecule has 0 aliphatic rings. The van der Waals surface area contributed by atoms with Gasteiger partial charge in [-0.05, 0) is 56.2 Å². The molecule has 2 aromatic carbocycles. The monoisotopic (exact) mass is 409 g/mol. The zero-order valence-electron chi connectivity index (χ0n) is 17.7. The molecule has 0 radical (unpaired) electrons. The maximum atomic E-state index is 13.5. The standard InChI is InChI=1S/C26H23N3O2/c1-17-9-7-10-18(2)24(17)28-26(31)23-22(30)15-19(3)29(21-12-5-4-6-13-21)25(23)20-11-8-14-27-16-20/h4-16H,1-3H3,(H,28,31). The van der Waals surface area contributed by atoms with Crippen LogP contribution >= 0.6 is 0 Å². The number of benzene rings is 2. The summed E-state index contributed by atoms with van der Waals surface area (Å²) in [6.45, 7) is 5.73. The number of nitrogens with one attached hydrogen (secondary N) is 1. The average molecular weight is 409 g/mol. The van der Waals surface area contributed by atoms with Gasteiger partial charge in [-0.3, -0.25) is 14.6 Å². The van der Waals surface area contributed by atoms with Crippen LogP contribution in [-0.4, -0.2) is 15.5 Å². The van der Waals surface area contributed by atoms with E-state index in [0.29, 0.717) is 11.3 Å². The predicted octanol–water partition coefficient (Wildman–Crippen LogP) is 5.08. The van der Waals surface area contributed by atoms with Gasteiger partial charge in [-0.2, -0.15) is 0 Å². The summed E-state index contributed by atoms with van der Waals surface area (Å²) >= 11 is 0. The van der Waals surface area contributed by atoms with Crippen LogP contribution in [0, 0.1) is 20.8 Å². The molecule has 1 amide bonds. The third-order valence-corrected chi connectivity index (χ3v) is 5.30. The smallest absolute Gasteiger partial charge is 0.261 e. The molecular weight excluding hydrogens is 386 g/mol. The minimum absolute atomic E-state index is 0.0881. The molecule has 0 bridgehead atoms. The van der Waals surface area contributed by atoms with Gasteiger partial charge in [0.2, 0.25) is 0 Å². The van der Waals surface area contributed by atoms with E-state index in [-0.39, 0.29) is 11.0 Å². The zero-order valence-corrected chi connectivity index (χ0v) is 17.7. The van der Waals surface area contributed by atoms with Crippen LogP contribution in [0.3, 0.4) is 0 Å². The summed E-state index contributed by atoms with van der Waals surface area (Å²) in [7, 11) is 0. The van der Waals surface area contributed by atoms with Crippen molar-refractivity contribution in [3.8, 4) is 16.9 Å². The van der Waals surface area contributed by atoms with Crippen molar-refractivity contribution in [1.82, 2.24) is 9.55 Å². The van der Waals surface area contributed by atoms with Crippen LogP contribution in [-0.2, 0) is 0 Å². The first-order chi connectivity index (χ1) is 15.0. The van der Waals surface area contributed by atoms with Crippen molar-refractivity contribution in [2.75, 3.05) is 5.32 Å². The van der Waals surface area contributed by atoms with Crippen LogP contribution in [0.1, 0.15) is 27.2 Å². The summed E-state index contributed by atoms with van der Waals surface area (Å²) in [5, 5.41) is 2.97. The van der Waals surface area contributed by atoms with E-state index >= 15 is 0 Å². The van der Waals surface area contributed by atoms with Crippen molar-refractivity contribution in [2.45, 2.75) is 20.8 Å². The molecule has 0 aliphatic carbocycles. The van der Waals surface area contributed by atoms with E-state index in [0.717, 1.165) is 28.2 Å². The van der Waals surface area contributed by atoms with Gasteiger partial charge in [0.25, 0.3) is 5.91 Å². The Bertz CT molecular complexity index is 1290. The molecule has 5 nitrogen and oxygen atoms in total. The number of pyridine rings is 2. The number of nitrogens with zero attached hydrogens (tertiary/aromatic N) is 2. The van der Waals surface area contributed by atoms with Gasteiger partial charge in [0.05, 0.1) is 5.69 Å². The van der Waals surface area contributed by atoms with Crippen molar-refractivity contribution in [3.63, 3.8) is 0 Å². The molecule has 4 aromatic rings. The number of carbonyl (C=O) groups is 1. The molecule has 2 aromatic heterocycles. The van der Waals surface area contributed by atoms with E-state index in [9.17, 15) is 9.59 Å². The summed E-state index contributed by atoms with van der Waals surface area (Å²) in [6.07, 6.45) is 3.34. The van der Waals surface area contributed by atoms with Crippen molar-refractivity contribution >= 4 is 11.6 Å². The molecule has 31 heavy (non-hydrogen) atoms. The summed E-state index contributed by atoms with van der Waals surface area (Å²) in [4.78, 5) is 30.8. The Labute approximate surface area is 181 Å². The highest BCUT2D eigenvalue weighted by Gasteiger charge is 2.23. The Morgan fingerprint density at radius 2 is 1.61 bits per heavy atom. The van der Waals surface area contributed by atoms with Crippen molar-refractivity contribution in [3.05, 3.63) is 112 Å². The van der Waals surface area contributed by atoms with Crippen LogP contribution in [0.5, 0.6) is 0 Å². The number of hydrogen-bond acceptors (Lipinski definition) is 3. The number of carbonyl (C=O) groups excluding carboxylic acids is 1. The van der Waals surface area contributed by atoms with Gasteiger partial charge in [-0.15, -0.1) is 0 Å². The van der Waals surface area contributed by atoms with Gasteiger partial charge in [0.15, 0.2) is 5.43 Å². The number of anilines is 1. The number of aryl methyl sites for hydroxylation is 3. The lowest BCUT2D eigenvalue weighted by Gasteiger charge is -2.21. The maximum Gasteiger partial charge on any atom is 0.261 e. The molecule has 0 atom stereocenters. The molecule has 154 valence electrons. The van der Waals surface area contributed by atoms with Crippen LogP contribution in [0.15, 0.2) is 83.9 Å². The Balaban J connectivity index is 1.98. The van der Waals surface area contributed by atoms with Crippen molar-refractivity contribution in [2.24, 2.45) is 0 Å². The predicted molar refractivity (Wildman–Crippen MR) is 124 cm³/mol. The molecule has 5 heteroatoms. The zero-order chi connectivity index (χ0) is 22.0. The Kier molecular flexibility index (Phi) is 5.50. The molecular formula is C26H23N3O2. The van der Waals surface area contributed by atoms with Gasteiger partial charge in [-0.25, -0.2) is 0 Å². The molecule has 0 aliphatic heterocycles. The Morgan fingerprint density at radius 1 is 0.903 bits per heavy atom. The largest absolute Gasteiger partial charge is 0.321 e. The topological polar surface area (TPSA) is 64.0 Å². The third kappa shape index (κ3) is 3.90. The summed E-state index contributed by atoms with van der Waals surface area (Å²) in [6, 6.07) is 20.6. The van der Waals surface area contributed by atoms with E-state index in [1.807, 2.05) is 79.9 Å². The van der Waals surface area contributed by atoms with Gasteiger partial charge in [-0.1, -0.05) is 36.4 Å². The Hall–Kier alpha value is -3.99. The van der Waals surface area contributed by atoms with Crippen LogP contribution in [0.25, 0.3) is 16.9 Å². The van der Waals surface area contributed by atoms with Gasteiger partial charge < -0.3 is 9.88 Å². The highest BCUT2D eigenvalue weighted by atomic mass is 16.2. The summed E-state index contributed by atoms with van der Waals surface area (Å²) in [5.41, 5.74) is 5.16. The fraction of sp³-hybridized carbons (Fsp3) is 0.115. The second-order valence-electron chi connectivity index (χ2n) is 7.51. The SMILES string of the molecule is Cc1cccc(C)c1NC(=O)c1c(-c2cccnc2)n(-c2ccccc2)c(C)cc1=O. The molecule has 0 fully saturated rings. The number of amides is 1. The molecule has 4 rings (SSSR count). The summed E-state index contributed by atoms with van der Waals surface area (Å²) < 4.78 is 1.93. The highest BCUT2D eigenvalue weighted by molar-refractivity contribution is 6.09. The quantitative estimate of drug-likeness (QED) is 0.511. The lowest BCUT2D eigenvalue weighted by atomic mass is 10.0. The minimum atomic E-state index is -0.439. The lowest BCUT2D eigenvalue weighted by molar-refractivity contribution is 0.102. The highest BCUT2D eigenvalue weighted by Crippen LogP contribution is 2.28. The van der Waals surface area contributed by atoms with E-state index < -0.39 is 5.91 Å². The van der Waals surface area contributed by atoms with Crippen molar-refractivity contribution in [1.29, 1.82) is 0 Å². The lowest BCUT2D eigenvalue weighted by Crippen LogP contribution is -2.26. The molecule has 1 N–H and O–H groups in total. The van der Waals surface area contributed by atoms with Crippen molar-refractivity contribution < 1.29 is 4.79 Å². The van der Waals surface area contributed by atoms with Crippen LogP contribution in [0.4, 0.5) is 5.69 Å². The molecule has 0 spiro atoms. The maximum absolute atomic E-state index is 13.5. The van der Waals surface area contributed by atoms with E-state index in [4.69, 9.17) is 0 Å². The number of aromatic nitrogens is 2. The molecule has 0 unspecified atom stereocenters. The van der Waals surface area contributed by atoms with E-state index in [2.05, 4.69) is 10.3 Å². The second kappa shape index (κ2) is 8.40. The molecule has 2 heterocycles. The number of para-hydroxylation sites is 2. The molecule has 0 saturated heterocycles. The first-order valence-electron chi connectivity index (χ1n) is 10.1. The average Bonchev–Trinajstić information content (AvgIpc) is 2.77. The minimum Gasteiger partial charge on any atom is -0.321 e. The fourth-order valence-electron chi connectivity index (χ4n) is 3.82. The normalized spacial score (nSPS) is 10.7. The van der Waals surface area contributed by atoms with E-state index in [1.54, 1.807) is 18.5 Å². The number of rotatable bonds is 4. The summed E-state index contributed by atoms with van der Waals surface area (Å²) in [5.74, 6) is -0.439. The first kappa shape index (κ1) is 20.3. The third-order valence-electron chi connectivity index (χ3n) is 5.30. The van der Waals surface area contributed by atoms with Gasteiger partial charge in [0.1, 0.15) is 5.56 Å². The van der Waals surface area contributed by atoms with Crippen LogP contribution < -0.4 is 10.7 Å². The second-order valence-corrected chi connectivity index (χ2v) is 7.51. The Morgan fingerprint density at radius 3 is 2.26 bits per heavy atom. The number of hydrogen-bond donors (Lipinski definition) is 1. The van der Waals surface area contributed by atoms with Gasteiger partial charge in [0, 0.05) is 41.1 Å². The van der Waals surface area contributed by atoms with Crippen LogP contribution in [0.2, 0.25) is 0 Å². The first-order valence-corrected chi connectivity index (χ1v) is 10.1. The van der Waals surface area contributed by atoms with E-state index in [1.165, 1.54) is 6.07 Å². The van der Waals surface area contributed by atoms with Gasteiger partial charge >= 0.3 is 0 Å². The fourth-order valence-corrected chi connectivity index (χ4v) is 3.82. The molecule has 0 saturated carbocycles.